The van der Waals surface area contributed by atoms with Gasteiger partial charge in [0, 0.05) is 16.8 Å². The molecule has 14 rings (SSSR count). The van der Waals surface area contributed by atoms with Crippen LogP contribution in [0, 0.1) is 0 Å². The van der Waals surface area contributed by atoms with Crippen molar-refractivity contribution in [2.24, 2.45) is 0 Å². The minimum atomic E-state index is -0.520. The summed E-state index contributed by atoms with van der Waals surface area (Å²) >= 11 is 0. The van der Waals surface area contributed by atoms with Crippen LogP contribution in [-0.4, -0.2) is 0 Å². The second-order valence-corrected chi connectivity index (χ2v) is 20.4. The molecule has 0 spiro atoms. The number of para-hydroxylation sites is 2. The lowest BCUT2D eigenvalue weighted by atomic mass is 9.67. The van der Waals surface area contributed by atoms with Gasteiger partial charge in [0.15, 0.2) is 0 Å². The summed E-state index contributed by atoms with van der Waals surface area (Å²) in [5, 5.41) is 7.73. The zero-order valence-corrected chi connectivity index (χ0v) is 41.5. The van der Waals surface area contributed by atoms with Gasteiger partial charge in [0.25, 0.3) is 0 Å². The average molecular weight is 946 g/mol. The molecule has 1 fully saturated rings. The van der Waals surface area contributed by atoms with Gasteiger partial charge in [0.1, 0.15) is 0 Å². The molecule has 1 nitrogen and oxygen atoms in total. The predicted molar refractivity (Wildman–Crippen MR) is 313 cm³/mol. The van der Waals surface area contributed by atoms with E-state index in [2.05, 4.69) is 272 Å². The molecule has 0 saturated heterocycles. The van der Waals surface area contributed by atoms with E-state index in [1.54, 1.807) is 0 Å². The zero-order valence-electron chi connectivity index (χ0n) is 41.5. The van der Waals surface area contributed by atoms with Gasteiger partial charge in [-0.05, 0) is 137 Å². The van der Waals surface area contributed by atoms with E-state index in [1.807, 2.05) is 0 Å². The van der Waals surface area contributed by atoms with Crippen LogP contribution in [0.4, 0.5) is 17.1 Å². The van der Waals surface area contributed by atoms with Crippen molar-refractivity contribution < 1.29 is 0 Å². The highest BCUT2D eigenvalue weighted by atomic mass is 15.1. The van der Waals surface area contributed by atoms with Gasteiger partial charge in [-0.25, -0.2) is 0 Å². The summed E-state index contributed by atoms with van der Waals surface area (Å²) in [6.45, 7) is 0. The molecule has 0 aromatic heterocycles. The monoisotopic (exact) mass is 945 g/mol. The first-order valence-electron chi connectivity index (χ1n) is 26.6. The summed E-state index contributed by atoms with van der Waals surface area (Å²) in [4.78, 5) is 2.57. The highest BCUT2D eigenvalue weighted by molar-refractivity contribution is 6.12. The van der Waals surface area contributed by atoms with Crippen LogP contribution in [0.5, 0.6) is 0 Å². The molecule has 74 heavy (non-hydrogen) atoms. The summed E-state index contributed by atoms with van der Waals surface area (Å²) in [6.07, 6.45) is 6.39. The summed E-state index contributed by atoms with van der Waals surface area (Å²) < 4.78 is 0. The number of hydrogen-bond acceptors (Lipinski definition) is 1. The predicted octanol–water partition coefficient (Wildman–Crippen LogP) is 20.0. The molecule has 0 bridgehead atoms. The Kier molecular flexibility index (Phi) is 10.9. The Morgan fingerprint density at radius 3 is 1.65 bits per heavy atom. The van der Waals surface area contributed by atoms with Crippen LogP contribution in [0.15, 0.2) is 267 Å². The zero-order chi connectivity index (χ0) is 49.0. The molecule has 0 radical (unpaired) electrons. The summed E-state index contributed by atoms with van der Waals surface area (Å²) in [7, 11) is 0. The van der Waals surface area contributed by atoms with Crippen molar-refractivity contribution in [3.05, 3.63) is 295 Å². The minimum absolute atomic E-state index is 0.520. The van der Waals surface area contributed by atoms with Crippen molar-refractivity contribution in [3.63, 3.8) is 0 Å². The molecular formula is C73H55N. The third kappa shape index (κ3) is 7.06. The van der Waals surface area contributed by atoms with E-state index in [0.717, 1.165) is 17.1 Å². The Morgan fingerprint density at radius 2 is 0.878 bits per heavy atom. The minimum Gasteiger partial charge on any atom is -0.309 e. The number of fused-ring (bicyclic) bond motifs is 7. The van der Waals surface area contributed by atoms with Gasteiger partial charge in [0.2, 0.25) is 0 Å². The molecule has 0 atom stereocenters. The number of hydrogen-bond donors (Lipinski definition) is 0. The molecule has 0 heterocycles. The van der Waals surface area contributed by atoms with Crippen LogP contribution in [0.2, 0.25) is 0 Å². The van der Waals surface area contributed by atoms with Gasteiger partial charge in [-0.3, -0.25) is 0 Å². The summed E-state index contributed by atoms with van der Waals surface area (Å²) in [5.41, 5.74) is 19.3. The third-order valence-electron chi connectivity index (χ3n) is 16.5. The molecule has 0 amide bonds. The van der Waals surface area contributed by atoms with Crippen LogP contribution in [0.1, 0.15) is 65.8 Å². The Balaban J connectivity index is 1.03. The van der Waals surface area contributed by atoms with Crippen molar-refractivity contribution in [1.29, 1.82) is 0 Å². The lowest BCUT2D eigenvalue weighted by Gasteiger charge is -2.34. The lowest BCUT2D eigenvalue weighted by molar-refractivity contribution is 0.445. The molecule has 0 unspecified atom stereocenters. The second kappa shape index (κ2) is 18.4. The van der Waals surface area contributed by atoms with Crippen LogP contribution >= 0.6 is 0 Å². The van der Waals surface area contributed by atoms with Crippen molar-refractivity contribution in [3.8, 4) is 44.5 Å². The quantitative estimate of drug-likeness (QED) is 0.130. The van der Waals surface area contributed by atoms with E-state index < -0.39 is 5.41 Å². The molecular weight excluding hydrogens is 891 g/mol. The molecule has 0 aliphatic heterocycles. The second-order valence-electron chi connectivity index (χ2n) is 20.4. The topological polar surface area (TPSA) is 3.24 Å². The molecule has 12 aromatic carbocycles. The number of rotatable bonds is 9. The van der Waals surface area contributed by atoms with E-state index in [1.165, 1.54) is 137 Å². The van der Waals surface area contributed by atoms with Crippen molar-refractivity contribution in [2.45, 2.75) is 43.4 Å². The first kappa shape index (κ1) is 44.0. The SMILES string of the molecule is c1ccc(C2(c3ccccc3)c3ccccc3-c3c(-c4ccccc4N(c4cccc(-c5cccc6c5ccc5ccccc56)c4)c4ccccc4-c4cccc5cccc(C6CCCCC6)c45)cccc32)cc1. The van der Waals surface area contributed by atoms with Crippen LogP contribution in [-0.2, 0) is 5.41 Å². The van der Waals surface area contributed by atoms with Crippen LogP contribution < -0.4 is 4.90 Å². The first-order valence-corrected chi connectivity index (χ1v) is 26.6. The number of nitrogens with zero attached hydrogens (tertiary/aromatic N) is 1. The van der Waals surface area contributed by atoms with E-state index >= 15 is 0 Å². The highest BCUT2D eigenvalue weighted by Gasteiger charge is 2.47. The number of benzene rings is 12. The van der Waals surface area contributed by atoms with Gasteiger partial charge in [-0.1, -0.05) is 262 Å². The standard InChI is InChI=1S/C73H55N/c1-4-23-50(24-5-1)59-39-19-26-52-27-20-41-64(71(52)59)62-35-13-16-45-69(62)74(56-33-18-28-53(49-56)58-38-21-40-60-57-34-11-10-25-51(57)47-48-61(58)60)70-46-17-14-36-63(70)65-42-22-44-68-72(65)66-37-12-15-43-67(66)73(68,54-29-6-2-7-30-54)55-31-8-3-9-32-55/h2-3,6-22,25-50H,1,4-5,23-24H2. The van der Waals surface area contributed by atoms with Gasteiger partial charge in [-0.2, -0.15) is 0 Å². The van der Waals surface area contributed by atoms with Gasteiger partial charge < -0.3 is 4.90 Å². The fraction of sp³-hybridized carbons (Fsp3) is 0.0959. The Hall–Kier alpha value is -8.78. The van der Waals surface area contributed by atoms with E-state index in [-0.39, 0.29) is 0 Å². The van der Waals surface area contributed by atoms with Crippen LogP contribution in [0.3, 0.4) is 0 Å². The maximum absolute atomic E-state index is 2.57. The van der Waals surface area contributed by atoms with Crippen LogP contribution in [0.25, 0.3) is 76.8 Å². The molecule has 1 saturated carbocycles. The first-order chi connectivity index (χ1) is 36.8. The molecule has 1 heteroatoms. The van der Waals surface area contributed by atoms with E-state index in [9.17, 15) is 0 Å². The van der Waals surface area contributed by atoms with Crippen molar-refractivity contribution in [1.82, 2.24) is 0 Å². The van der Waals surface area contributed by atoms with Crippen molar-refractivity contribution in [2.75, 3.05) is 4.90 Å². The Morgan fingerprint density at radius 1 is 0.338 bits per heavy atom. The maximum Gasteiger partial charge on any atom is 0.0713 e. The number of anilines is 3. The Labute approximate surface area is 434 Å². The van der Waals surface area contributed by atoms with Gasteiger partial charge in [-0.15, -0.1) is 0 Å². The summed E-state index contributed by atoms with van der Waals surface area (Å²) in [5.74, 6) is 0.550. The third-order valence-corrected chi connectivity index (χ3v) is 16.5. The molecule has 2 aliphatic carbocycles. The molecule has 12 aromatic rings. The molecule has 0 N–H and O–H groups in total. The van der Waals surface area contributed by atoms with E-state index in [0.29, 0.717) is 5.92 Å². The highest BCUT2D eigenvalue weighted by Crippen LogP contribution is 2.59. The average Bonchev–Trinajstić information content (AvgIpc) is 3.79. The van der Waals surface area contributed by atoms with E-state index in [4.69, 9.17) is 0 Å². The smallest absolute Gasteiger partial charge is 0.0713 e. The summed E-state index contributed by atoms with van der Waals surface area (Å²) in [6, 6.07) is 100. The molecule has 2 aliphatic rings. The van der Waals surface area contributed by atoms with Gasteiger partial charge >= 0.3 is 0 Å². The largest absolute Gasteiger partial charge is 0.309 e. The fourth-order valence-corrected chi connectivity index (χ4v) is 13.4. The van der Waals surface area contributed by atoms with Crippen molar-refractivity contribution >= 4 is 49.4 Å². The fourth-order valence-electron chi connectivity index (χ4n) is 13.4. The normalized spacial score (nSPS) is 14.0. The lowest BCUT2D eigenvalue weighted by Crippen LogP contribution is -2.28. The Bertz CT molecular complexity index is 4020. The maximum atomic E-state index is 2.57. The molecule has 352 valence electrons. The van der Waals surface area contributed by atoms with Gasteiger partial charge in [0.05, 0.1) is 16.8 Å².